The summed E-state index contributed by atoms with van der Waals surface area (Å²) in [7, 11) is 3.64. The maximum Gasteiger partial charge on any atom is 0.228 e. The van der Waals surface area contributed by atoms with Crippen LogP contribution in [0.15, 0.2) is 36.5 Å². The number of H-pyrrole nitrogens is 1. The van der Waals surface area contributed by atoms with Crippen LogP contribution in [0, 0.1) is 5.92 Å². The molecule has 1 aliphatic rings. The Bertz CT molecular complexity index is 1240. The minimum atomic E-state index is 0.0389. The molecule has 0 spiro atoms. The molecule has 4 aromatic rings. The van der Waals surface area contributed by atoms with Gasteiger partial charge in [0.2, 0.25) is 11.7 Å². The zero-order valence-electron chi connectivity index (χ0n) is 16.8. The summed E-state index contributed by atoms with van der Waals surface area (Å²) < 4.78 is 0. The number of hydrogen-bond donors (Lipinski definition) is 3. The molecule has 0 atom stereocenters. The number of carbonyl (C=O) groups is 1. The number of fused-ring (bicyclic) bond motifs is 1. The van der Waals surface area contributed by atoms with E-state index in [1.54, 1.807) is 7.05 Å². The molecule has 1 aromatic carbocycles. The zero-order chi connectivity index (χ0) is 20.7. The summed E-state index contributed by atoms with van der Waals surface area (Å²) in [5.74, 6) is 1.30. The maximum absolute atomic E-state index is 12.3. The van der Waals surface area contributed by atoms with E-state index < -0.39 is 0 Å². The standard InChI is InChI=1S/C21H22N8O/c1-22-10-15-11-23-20(25-21(30)12-6-7-12)18-16(15)9-17(24-18)13-4-3-5-14(8-13)19-26-28-29(2)27-19/h3-5,8-9,11-12,22,24H,6-7,10H2,1-2H3,(H,23,25,30). The van der Waals surface area contributed by atoms with Crippen molar-refractivity contribution in [1.82, 2.24) is 35.5 Å². The fraction of sp³-hybridized carbons (Fsp3) is 0.286. The molecule has 152 valence electrons. The summed E-state index contributed by atoms with van der Waals surface area (Å²) in [6.07, 6.45) is 3.72. The molecule has 30 heavy (non-hydrogen) atoms. The molecule has 3 aromatic heterocycles. The van der Waals surface area contributed by atoms with Crippen LogP contribution in [-0.4, -0.2) is 43.1 Å². The van der Waals surface area contributed by atoms with Crippen molar-refractivity contribution >= 4 is 22.6 Å². The van der Waals surface area contributed by atoms with Crippen molar-refractivity contribution in [2.24, 2.45) is 13.0 Å². The van der Waals surface area contributed by atoms with Gasteiger partial charge in [0.25, 0.3) is 0 Å². The number of rotatable bonds is 6. The van der Waals surface area contributed by atoms with Gasteiger partial charge in [-0.1, -0.05) is 18.2 Å². The third-order valence-electron chi connectivity index (χ3n) is 5.25. The van der Waals surface area contributed by atoms with Gasteiger partial charge in [-0.25, -0.2) is 4.98 Å². The molecule has 9 nitrogen and oxygen atoms in total. The van der Waals surface area contributed by atoms with Crippen LogP contribution in [-0.2, 0) is 18.4 Å². The van der Waals surface area contributed by atoms with Gasteiger partial charge in [0, 0.05) is 35.3 Å². The van der Waals surface area contributed by atoms with Gasteiger partial charge in [-0.15, -0.1) is 10.2 Å². The second kappa shape index (κ2) is 7.34. The molecule has 0 unspecified atom stereocenters. The molecule has 0 aliphatic heterocycles. The van der Waals surface area contributed by atoms with Gasteiger partial charge in [-0.2, -0.15) is 4.80 Å². The highest BCUT2D eigenvalue weighted by Crippen LogP contribution is 2.34. The fourth-order valence-electron chi connectivity index (χ4n) is 3.54. The van der Waals surface area contributed by atoms with Crippen LogP contribution in [0.5, 0.6) is 0 Å². The van der Waals surface area contributed by atoms with Gasteiger partial charge < -0.3 is 15.6 Å². The number of tetrazole rings is 1. The zero-order valence-corrected chi connectivity index (χ0v) is 16.8. The number of benzene rings is 1. The number of anilines is 1. The van der Waals surface area contributed by atoms with Gasteiger partial charge in [0.05, 0.1) is 12.6 Å². The first kappa shape index (κ1) is 18.4. The Morgan fingerprint density at radius 2 is 2.10 bits per heavy atom. The van der Waals surface area contributed by atoms with E-state index in [4.69, 9.17) is 0 Å². The minimum Gasteiger partial charge on any atom is -0.351 e. The number of aromatic amines is 1. The number of aromatic nitrogens is 6. The van der Waals surface area contributed by atoms with E-state index in [1.807, 2.05) is 37.5 Å². The predicted molar refractivity (Wildman–Crippen MR) is 113 cm³/mol. The van der Waals surface area contributed by atoms with Crippen molar-refractivity contribution in [1.29, 1.82) is 0 Å². The highest BCUT2D eigenvalue weighted by Gasteiger charge is 2.30. The first-order chi connectivity index (χ1) is 14.6. The molecule has 0 radical (unpaired) electrons. The molecule has 3 N–H and O–H groups in total. The lowest BCUT2D eigenvalue weighted by atomic mass is 10.1. The molecule has 0 bridgehead atoms. The van der Waals surface area contributed by atoms with E-state index in [0.29, 0.717) is 18.2 Å². The molecule has 1 saturated carbocycles. The van der Waals surface area contributed by atoms with Crippen LogP contribution in [0.4, 0.5) is 5.82 Å². The molecule has 0 saturated heterocycles. The highest BCUT2D eigenvalue weighted by molar-refractivity contribution is 6.02. The molecule has 9 heteroatoms. The van der Waals surface area contributed by atoms with Crippen LogP contribution in [0.2, 0.25) is 0 Å². The Morgan fingerprint density at radius 1 is 1.27 bits per heavy atom. The molecule has 3 heterocycles. The number of hydrogen-bond acceptors (Lipinski definition) is 6. The number of aryl methyl sites for hydroxylation is 1. The van der Waals surface area contributed by atoms with E-state index in [0.717, 1.165) is 46.1 Å². The van der Waals surface area contributed by atoms with Crippen molar-refractivity contribution in [3.8, 4) is 22.6 Å². The van der Waals surface area contributed by atoms with Crippen molar-refractivity contribution in [3.63, 3.8) is 0 Å². The SMILES string of the molecule is CNCc1cnc(NC(=O)C2CC2)c2[nH]c(-c3cccc(-c4nnn(C)n4)c3)cc12. The van der Waals surface area contributed by atoms with Gasteiger partial charge >= 0.3 is 0 Å². The van der Waals surface area contributed by atoms with E-state index in [1.165, 1.54) is 4.80 Å². The van der Waals surface area contributed by atoms with E-state index >= 15 is 0 Å². The fourth-order valence-corrected chi connectivity index (χ4v) is 3.54. The van der Waals surface area contributed by atoms with Crippen LogP contribution >= 0.6 is 0 Å². The summed E-state index contributed by atoms with van der Waals surface area (Å²) in [4.78, 5) is 21.7. The Hall–Kier alpha value is -3.59. The molecule has 1 amide bonds. The van der Waals surface area contributed by atoms with Gasteiger partial charge in [0.15, 0.2) is 5.82 Å². The van der Waals surface area contributed by atoms with E-state index in [9.17, 15) is 4.79 Å². The van der Waals surface area contributed by atoms with Crippen molar-refractivity contribution in [2.45, 2.75) is 19.4 Å². The van der Waals surface area contributed by atoms with Crippen LogP contribution < -0.4 is 10.6 Å². The Morgan fingerprint density at radius 3 is 2.83 bits per heavy atom. The summed E-state index contributed by atoms with van der Waals surface area (Å²) in [5.41, 5.74) is 4.70. The highest BCUT2D eigenvalue weighted by atomic mass is 16.2. The first-order valence-electron chi connectivity index (χ1n) is 9.93. The monoisotopic (exact) mass is 402 g/mol. The van der Waals surface area contributed by atoms with Crippen LogP contribution in [0.3, 0.4) is 0 Å². The number of nitrogens with one attached hydrogen (secondary N) is 3. The summed E-state index contributed by atoms with van der Waals surface area (Å²) >= 11 is 0. The molecule has 5 rings (SSSR count). The van der Waals surface area contributed by atoms with Crippen LogP contribution in [0.1, 0.15) is 18.4 Å². The van der Waals surface area contributed by atoms with E-state index in [2.05, 4.69) is 42.1 Å². The average molecular weight is 402 g/mol. The maximum atomic E-state index is 12.3. The van der Waals surface area contributed by atoms with Gasteiger partial charge in [-0.05, 0) is 48.4 Å². The normalized spacial score (nSPS) is 13.7. The lowest BCUT2D eigenvalue weighted by Crippen LogP contribution is -2.15. The average Bonchev–Trinajstić information content (AvgIpc) is 3.36. The Balaban J connectivity index is 1.57. The van der Waals surface area contributed by atoms with Crippen molar-refractivity contribution < 1.29 is 4.79 Å². The molecule has 1 fully saturated rings. The minimum absolute atomic E-state index is 0.0389. The summed E-state index contributed by atoms with van der Waals surface area (Å²) in [6, 6.07) is 10.1. The number of amides is 1. The lowest BCUT2D eigenvalue weighted by Gasteiger charge is -2.08. The van der Waals surface area contributed by atoms with E-state index in [-0.39, 0.29) is 11.8 Å². The largest absolute Gasteiger partial charge is 0.351 e. The number of carbonyl (C=O) groups excluding carboxylic acids is 1. The summed E-state index contributed by atoms with van der Waals surface area (Å²) in [5, 5.41) is 19.5. The quantitative estimate of drug-likeness (QED) is 0.457. The third-order valence-corrected chi connectivity index (χ3v) is 5.25. The first-order valence-corrected chi connectivity index (χ1v) is 9.93. The Labute approximate surface area is 172 Å². The molecular formula is C21H22N8O. The predicted octanol–water partition coefficient (Wildman–Crippen LogP) is 2.49. The third kappa shape index (κ3) is 3.43. The molecule has 1 aliphatic carbocycles. The molecular weight excluding hydrogens is 380 g/mol. The topological polar surface area (TPSA) is 113 Å². The Kier molecular flexibility index (Phi) is 4.51. The summed E-state index contributed by atoms with van der Waals surface area (Å²) in [6.45, 7) is 0.682. The van der Waals surface area contributed by atoms with Gasteiger partial charge in [-0.3, -0.25) is 4.79 Å². The van der Waals surface area contributed by atoms with Crippen LogP contribution in [0.25, 0.3) is 33.5 Å². The van der Waals surface area contributed by atoms with Gasteiger partial charge in [0.1, 0.15) is 0 Å². The smallest absolute Gasteiger partial charge is 0.228 e. The lowest BCUT2D eigenvalue weighted by molar-refractivity contribution is -0.117. The van der Waals surface area contributed by atoms with Crippen molar-refractivity contribution in [2.75, 3.05) is 12.4 Å². The number of pyridine rings is 1. The second-order valence-electron chi connectivity index (χ2n) is 7.58. The number of nitrogens with zero attached hydrogens (tertiary/aromatic N) is 5. The second-order valence-corrected chi connectivity index (χ2v) is 7.58. The van der Waals surface area contributed by atoms with Crippen molar-refractivity contribution in [3.05, 3.63) is 42.1 Å².